The van der Waals surface area contributed by atoms with Crippen LogP contribution in [0.15, 0.2) is 18.3 Å². The van der Waals surface area contributed by atoms with Crippen molar-refractivity contribution in [2.45, 2.75) is 46.5 Å². The monoisotopic (exact) mass is 408 g/mol. The van der Waals surface area contributed by atoms with Gasteiger partial charge in [-0.1, -0.05) is 26.7 Å². The number of carbonyl (C=O) groups is 1. The average Bonchev–Trinajstić information content (AvgIpc) is 3.21. The lowest BCUT2D eigenvalue weighted by Gasteiger charge is -2.47. The van der Waals surface area contributed by atoms with Crippen LogP contribution in [0.3, 0.4) is 0 Å². The van der Waals surface area contributed by atoms with E-state index in [2.05, 4.69) is 16.9 Å². The smallest absolute Gasteiger partial charge is 0.409 e. The van der Waals surface area contributed by atoms with Crippen molar-refractivity contribution in [3.05, 3.63) is 24.3 Å². The number of nitrogens with zero attached hydrogens (tertiary/aromatic N) is 4. The number of carbonyl (C=O) groups excluding carboxylic acids is 1. The van der Waals surface area contributed by atoms with Gasteiger partial charge in [0.05, 0.1) is 12.3 Å². The Kier molecular flexibility index (Phi) is 9.14. The van der Waals surface area contributed by atoms with Crippen molar-refractivity contribution in [3.8, 4) is 0 Å². The first-order chi connectivity index (χ1) is 14.0. The van der Waals surface area contributed by atoms with E-state index in [1.807, 2.05) is 30.6 Å². The number of hydrogen-bond acceptors (Lipinski definition) is 5. The van der Waals surface area contributed by atoms with Crippen LogP contribution in [0.2, 0.25) is 0 Å². The molecule has 3 fully saturated rings. The molecule has 0 atom stereocenters. The van der Waals surface area contributed by atoms with Gasteiger partial charge in [0, 0.05) is 50.9 Å². The second-order valence-electron chi connectivity index (χ2n) is 7.87. The molecule has 0 radical (unpaired) electrons. The largest absolute Gasteiger partial charge is 0.450 e. The molecule has 1 saturated carbocycles. The quantitative estimate of drug-likeness (QED) is 0.692. The van der Waals surface area contributed by atoms with Crippen LogP contribution in [0, 0.1) is 11.4 Å². The van der Waals surface area contributed by atoms with Gasteiger partial charge in [0.1, 0.15) is 0 Å². The maximum Gasteiger partial charge on any atom is 0.409 e. The molecule has 29 heavy (non-hydrogen) atoms. The maximum atomic E-state index is 13.3. The van der Waals surface area contributed by atoms with E-state index in [1.54, 1.807) is 12.1 Å². The van der Waals surface area contributed by atoms with Crippen molar-refractivity contribution >= 4 is 11.8 Å². The molecule has 4 rings (SSSR count). The predicted octanol–water partition coefficient (Wildman–Crippen LogP) is 4.02. The third-order valence-corrected chi connectivity index (χ3v) is 5.83. The summed E-state index contributed by atoms with van der Waals surface area (Å²) in [5.41, 5.74) is 1.12. The molecule has 2 saturated heterocycles. The Morgan fingerprint density at radius 2 is 1.79 bits per heavy atom. The van der Waals surface area contributed by atoms with Gasteiger partial charge in [-0.3, -0.25) is 0 Å². The van der Waals surface area contributed by atoms with Gasteiger partial charge in [-0.25, -0.2) is 9.78 Å². The highest BCUT2D eigenvalue weighted by Gasteiger charge is 2.47. The normalized spacial score (nSPS) is 20.2. The van der Waals surface area contributed by atoms with E-state index < -0.39 is 0 Å². The van der Waals surface area contributed by atoms with Gasteiger partial charge in [0.2, 0.25) is 5.95 Å². The van der Waals surface area contributed by atoms with Crippen LogP contribution < -0.4 is 4.90 Å². The van der Waals surface area contributed by atoms with E-state index in [0.717, 1.165) is 39.3 Å². The first kappa shape index (κ1) is 23.4. The van der Waals surface area contributed by atoms with E-state index in [-0.39, 0.29) is 12.0 Å². The Hall–Kier alpha value is -1.89. The molecule has 3 heterocycles. The van der Waals surface area contributed by atoms with Gasteiger partial charge in [0.15, 0.2) is 0 Å². The summed E-state index contributed by atoms with van der Waals surface area (Å²) in [4.78, 5) is 21.0. The molecule has 3 aliphatic rings. The molecular weight excluding hydrogens is 371 g/mol. The minimum atomic E-state index is -0.364. The molecule has 1 aliphatic carbocycles. The molecule has 6 nitrogen and oxygen atoms in total. The molecule has 2 aliphatic heterocycles. The number of anilines is 1. The summed E-state index contributed by atoms with van der Waals surface area (Å²) < 4.78 is 18.2. The number of halogens is 1. The minimum absolute atomic E-state index is 0.125. The molecule has 0 bridgehead atoms. The topological polar surface area (TPSA) is 48.9 Å². The van der Waals surface area contributed by atoms with E-state index in [1.165, 1.54) is 31.9 Å². The van der Waals surface area contributed by atoms with Gasteiger partial charge >= 0.3 is 6.09 Å². The van der Waals surface area contributed by atoms with E-state index >= 15 is 0 Å². The van der Waals surface area contributed by atoms with Gasteiger partial charge < -0.3 is 19.4 Å². The fourth-order valence-electron chi connectivity index (χ4n) is 4.21. The maximum absolute atomic E-state index is 13.3. The highest BCUT2D eigenvalue weighted by atomic mass is 19.1. The first-order valence-corrected chi connectivity index (χ1v) is 11.0. The summed E-state index contributed by atoms with van der Waals surface area (Å²) in [7, 11) is 2.08. The number of amides is 1. The molecule has 0 aromatic carbocycles. The van der Waals surface area contributed by atoms with Crippen LogP contribution in [0.1, 0.15) is 46.5 Å². The zero-order valence-electron chi connectivity index (χ0n) is 18.5. The number of rotatable bonds is 2. The lowest BCUT2D eigenvalue weighted by Crippen LogP contribution is -2.57. The summed E-state index contributed by atoms with van der Waals surface area (Å²) in [5.74, 6) is -0.364. The van der Waals surface area contributed by atoms with Crippen molar-refractivity contribution in [1.29, 1.82) is 0 Å². The van der Waals surface area contributed by atoms with Gasteiger partial charge in [-0.2, -0.15) is 4.39 Å². The summed E-state index contributed by atoms with van der Waals surface area (Å²) in [6.07, 6.45) is 6.66. The van der Waals surface area contributed by atoms with Gasteiger partial charge in [-0.05, 0) is 38.9 Å². The fraction of sp³-hybridized carbons (Fsp3) is 0.727. The molecule has 7 heteroatoms. The van der Waals surface area contributed by atoms with Crippen LogP contribution >= 0.6 is 0 Å². The zero-order chi connectivity index (χ0) is 21.3. The SMILES string of the molecule is CC.CCOC(=O)N1CC2(CCCC2)C1.CN1CCN(c2cccnc2F)CC1. The van der Waals surface area contributed by atoms with Crippen LogP contribution in [0.5, 0.6) is 0 Å². The predicted molar refractivity (Wildman–Crippen MR) is 115 cm³/mol. The van der Waals surface area contributed by atoms with Crippen molar-refractivity contribution in [3.63, 3.8) is 0 Å². The van der Waals surface area contributed by atoms with Gasteiger partial charge in [-0.15, -0.1) is 0 Å². The first-order valence-electron chi connectivity index (χ1n) is 11.0. The molecule has 164 valence electrons. The third-order valence-electron chi connectivity index (χ3n) is 5.83. The van der Waals surface area contributed by atoms with E-state index in [4.69, 9.17) is 4.74 Å². The molecule has 1 aromatic rings. The fourth-order valence-corrected chi connectivity index (χ4v) is 4.21. The molecule has 0 N–H and O–H groups in total. The Labute approximate surface area is 175 Å². The number of pyridine rings is 1. The minimum Gasteiger partial charge on any atom is -0.450 e. The molecule has 0 unspecified atom stereocenters. The lowest BCUT2D eigenvalue weighted by atomic mass is 9.79. The Morgan fingerprint density at radius 1 is 1.17 bits per heavy atom. The third kappa shape index (κ3) is 6.29. The van der Waals surface area contributed by atoms with Crippen molar-refractivity contribution < 1.29 is 13.9 Å². The van der Waals surface area contributed by atoms with Gasteiger partial charge in [0.25, 0.3) is 0 Å². The van der Waals surface area contributed by atoms with Crippen molar-refractivity contribution in [2.75, 3.05) is 57.8 Å². The number of piperazine rings is 1. The molecule has 1 amide bonds. The van der Waals surface area contributed by atoms with Crippen molar-refractivity contribution in [1.82, 2.24) is 14.8 Å². The average molecular weight is 409 g/mol. The van der Waals surface area contributed by atoms with Crippen LogP contribution in [0.4, 0.5) is 14.9 Å². The van der Waals surface area contributed by atoms with E-state index in [9.17, 15) is 9.18 Å². The number of likely N-dealkylation sites (tertiary alicyclic amines) is 1. The molecular formula is C22H37FN4O2. The van der Waals surface area contributed by atoms with Crippen LogP contribution in [-0.4, -0.2) is 73.8 Å². The second-order valence-corrected chi connectivity index (χ2v) is 7.87. The summed E-state index contributed by atoms with van der Waals surface area (Å²) >= 11 is 0. The second kappa shape index (κ2) is 11.3. The summed E-state index contributed by atoms with van der Waals surface area (Å²) in [5, 5.41) is 0. The van der Waals surface area contributed by atoms with Crippen molar-refractivity contribution in [2.24, 2.45) is 5.41 Å². The number of ether oxygens (including phenoxy) is 1. The highest BCUT2D eigenvalue weighted by Crippen LogP contribution is 2.45. The Morgan fingerprint density at radius 3 is 2.34 bits per heavy atom. The zero-order valence-corrected chi connectivity index (χ0v) is 18.5. The summed E-state index contributed by atoms with van der Waals surface area (Å²) in [6.45, 7) is 11.9. The number of hydrogen-bond donors (Lipinski definition) is 0. The Bertz CT molecular complexity index is 621. The highest BCUT2D eigenvalue weighted by molar-refractivity contribution is 5.69. The Balaban J connectivity index is 0.000000191. The standard InChI is InChI=1S/C10H14FN3.C10H17NO2.C2H6/c1-13-5-7-14(8-6-13)9-3-2-4-12-10(9)11;1-2-13-9(12)11-7-10(8-11)5-3-4-6-10;1-2/h2-4H,5-8H2,1H3;2-8H2,1H3;1-2H3. The van der Waals surface area contributed by atoms with Crippen LogP contribution in [-0.2, 0) is 4.74 Å². The number of likely N-dealkylation sites (N-methyl/N-ethyl adjacent to an activating group) is 1. The molecule has 1 aromatic heterocycles. The summed E-state index contributed by atoms with van der Waals surface area (Å²) in [6, 6.07) is 3.56. The lowest BCUT2D eigenvalue weighted by molar-refractivity contribution is 0.00199. The molecule has 1 spiro atoms. The van der Waals surface area contributed by atoms with Crippen LogP contribution in [0.25, 0.3) is 0 Å². The van der Waals surface area contributed by atoms with E-state index in [0.29, 0.717) is 17.7 Å². The number of aromatic nitrogens is 1.